The van der Waals surface area contributed by atoms with Crippen molar-refractivity contribution in [2.45, 2.75) is 26.2 Å². The number of hydrogen-bond donors (Lipinski definition) is 1. The number of nitro groups is 1. The lowest BCUT2D eigenvalue weighted by Gasteiger charge is -2.09. The molecule has 1 rings (SSSR count). The number of aromatic nitrogens is 1. The van der Waals surface area contributed by atoms with E-state index >= 15 is 0 Å². The van der Waals surface area contributed by atoms with E-state index in [4.69, 9.17) is 5.11 Å². The first kappa shape index (κ1) is 12.1. The molecule has 0 amide bonds. The smallest absolute Gasteiger partial charge is 0.312 e. The quantitative estimate of drug-likeness (QED) is 0.622. The zero-order valence-electron chi connectivity index (χ0n) is 9.01. The maximum Gasteiger partial charge on any atom is 0.312 e. The van der Waals surface area contributed by atoms with E-state index in [9.17, 15) is 14.9 Å². The van der Waals surface area contributed by atoms with Gasteiger partial charge in [0.15, 0.2) is 0 Å². The van der Waals surface area contributed by atoms with E-state index in [1.165, 1.54) is 6.07 Å². The fourth-order valence-electron chi connectivity index (χ4n) is 1.46. The van der Waals surface area contributed by atoms with E-state index in [2.05, 4.69) is 4.98 Å². The summed E-state index contributed by atoms with van der Waals surface area (Å²) >= 11 is 0. The van der Waals surface area contributed by atoms with Crippen LogP contribution in [0.3, 0.4) is 0 Å². The van der Waals surface area contributed by atoms with Crippen LogP contribution in [0.25, 0.3) is 0 Å². The van der Waals surface area contributed by atoms with Crippen molar-refractivity contribution >= 4 is 11.7 Å². The Labute approximate surface area is 92.1 Å². The van der Waals surface area contributed by atoms with Crippen molar-refractivity contribution in [3.05, 3.63) is 33.6 Å². The first-order chi connectivity index (χ1) is 7.47. The van der Waals surface area contributed by atoms with Crippen molar-refractivity contribution < 1.29 is 14.8 Å². The maximum absolute atomic E-state index is 10.9. The van der Waals surface area contributed by atoms with E-state index in [-0.39, 0.29) is 5.69 Å². The van der Waals surface area contributed by atoms with Crippen LogP contribution < -0.4 is 0 Å². The molecule has 0 bridgehead atoms. The Kier molecular flexibility index (Phi) is 3.55. The highest BCUT2D eigenvalue weighted by Gasteiger charge is 2.21. The monoisotopic (exact) mass is 224 g/mol. The number of carboxylic acids is 1. The average molecular weight is 224 g/mol. The molecule has 16 heavy (non-hydrogen) atoms. The van der Waals surface area contributed by atoms with Gasteiger partial charge in [0.1, 0.15) is 6.20 Å². The molecular formula is C10H12N2O4. The lowest BCUT2D eigenvalue weighted by molar-refractivity contribution is -0.385. The summed E-state index contributed by atoms with van der Waals surface area (Å²) in [6, 6.07) is 1.46. The van der Waals surface area contributed by atoms with Gasteiger partial charge in [-0.25, -0.2) is 0 Å². The largest absolute Gasteiger partial charge is 0.481 e. The lowest BCUT2D eigenvalue weighted by Crippen LogP contribution is -2.12. The maximum atomic E-state index is 10.9. The van der Waals surface area contributed by atoms with Gasteiger partial charge in [-0.1, -0.05) is 6.92 Å². The van der Waals surface area contributed by atoms with Gasteiger partial charge in [0.2, 0.25) is 0 Å². The van der Waals surface area contributed by atoms with Gasteiger partial charge in [-0.15, -0.1) is 0 Å². The van der Waals surface area contributed by atoms with Crippen molar-refractivity contribution in [1.82, 2.24) is 4.98 Å². The second kappa shape index (κ2) is 4.69. The molecule has 0 fully saturated rings. The lowest BCUT2D eigenvalue weighted by atomic mass is 10.0. The fraction of sp³-hybridized carbons (Fsp3) is 0.400. The Morgan fingerprint density at radius 3 is 2.69 bits per heavy atom. The van der Waals surface area contributed by atoms with Crippen LogP contribution in [0.1, 0.15) is 30.5 Å². The van der Waals surface area contributed by atoms with Crippen LogP contribution >= 0.6 is 0 Å². The second-order valence-electron chi connectivity index (χ2n) is 3.45. The van der Waals surface area contributed by atoms with E-state index in [1.807, 2.05) is 0 Å². The van der Waals surface area contributed by atoms with E-state index in [1.54, 1.807) is 13.8 Å². The van der Waals surface area contributed by atoms with Gasteiger partial charge in [0.05, 0.1) is 16.5 Å². The summed E-state index contributed by atoms with van der Waals surface area (Å²) in [5.74, 6) is -1.68. The predicted molar refractivity (Wildman–Crippen MR) is 56.3 cm³/mol. The molecule has 0 saturated carbocycles. The van der Waals surface area contributed by atoms with Crippen molar-refractivity contribution in [2.24, 2.45) is 0 Å². The van der Waals surface area contributed by atoms with Crippen LogP contribution in [-0.4, -0.2) is 21.0 Å². The van der Waals surface area contributed by atoms with Gasteiger partial charge >= 0.3 is 5.97 Å². The number of rotatable bonds is 4. The molecule has 1 aromatic heterocycles. The zero-order chi connectivity index (χ0) is 12.3. The molecule has 1 atom stereocenters. The predicted octanol–water partition coefficient (Wildman–Crippen LogP) is 1.88. The van der Waals surface area contributed by atoms with Crippen LogP contribution in [0, 0.1) is 17.0 Å². The molecule has 0 aliphatic carbocycles. The summed E-state index contributed by atoms with van der Waals surface area (Å²) in [6.07, 6.45) is 1.51. The molecule has 0 saturated heterocycles. The van der Waals surface area contributed by atoms with Crippen molar-refractivity contribution in [3.63, 3.8) is 0 Å². The molecule has 0 aliphatic heterocycles. The van der Waals surface area contributed by atoms with E-state index in [0.717, 1.165) is 6.20 Å². The Balaban J connectivity index is 3.14. The molecule has 1 N–H and O–H groups in total. The van der Waals surface area contributed by atoms with Gasteiger partial charge in [0.25, 0.3) is 5.69 Å². The minimum Gasteiger partial charge on any atom is -0.481 e. The number of carboxylic acid groups (broad SMARTS) is 1. The van der Waals surface area contributed by atoms with Gasteiger partial charge in [-0.2, -0.15) is 0 Å². The number of carbonyl (C=O) groups is 1. The number of nitrogens with zero attached hydrogens (tertiary/aromatic N) is 2. The molecule has 0 radical (unpaired) electrons. The topological polar surface area (TPSA) is 93.3 Å². The van der Waals surface area contributed by atoms with Crippen LogP contribution in [0.2, 0.25) is 0 Å². The molecule has 6 heteroatoms. The fourth-order valence-corrected chi connectivity index (χ4v) is 1.46. The molecule has 0 aromatic carbocycles. The van der Waals surface area contributed by atoms with Gasteiger partial charge in [-0.05, 0) is 19.4 Å². The summed E-state index contributed by atoms with van der Waals surface area (Å²) in [4.78, 5) is 24.7. The van der Waals surface area contributed by atoms with Crippen molar-refractivity contribution in [2.75, 3.05) is 0 Å². The number of aliphatic carboxylic acids is 1. The third kappa shape index (κ3) is 2.33. The van der Waals surface area contributed by atoms with Crippen LogP contribution in [-0.2, 0) is 4.79 Å². The SMILES string of the molecule is CCC(C(=O)O)c1cc(C)c([N+](=O)[O-])cn1. The molecule has 6 nitrogen and oxygen atoms in total. The number of hydrogen-bond acceptors (Lipinski definition) is 4. The molecule has 1 heterocycles. The van der Waals surface area contributed by atoms with Crippen LogP contribution in [0.15, 0.2) is 12.3 Å². The summed E-state index contributed by atoms with van der Waals surface area (Å²) in [5.41, 5.74) is 0.691. The zero-order valence-corrected chi connectivity index (χ0v) is 9.01. The molecule has 1 aromatic rings. The number of aryl methyl sites for hydroxylation is 1. The summed E-state index contributed by atoms with van der Waals surface area (Å²) < 4.78 is 0. The highest BCUT2D eigenvalue weighted by molar-refractivity contribution is 5.75. The first-order valence-electron chi connectivity index (χ1n) is 4.81. The highest BCUT2D eigenvalue weighted by Crippen LogP contribution is 2.23. The highest BCUT2D eigenvalue weighted by atomic mass is 16.6. The minimum absolute atomic E-state index is 0.0935. The van der Waals surface area contributed by atoms with E-state index in [0.29, 0.717) is 17.7 Å². The Morgan fingerprint density at radius 2 is 2.31 bits per heavy atom. The Hall–Kier alpha value is -1.98. The first-order valence-corrected chi connectivity index (χ1v) is 4.81. The second-order valence-corrected chi connectivity index (χ2v) is 3.45. The summed E-state index contributed by atoms with van der Waals surface area (Å²) in [5, 5.41) is 19.5. The third-order valence-electron chi connectivity index (χ3n) is 2.36. The standard InChI is InChI=1S/C10H12N2O4/c1-3-7(10(13)14)8-4-6(2)9(5-11-8)12(15)16/h4-5,7H,3H2,1-2H3,(H,13,14). The van der Waals surface area contributed by atoms with Crippen molar-refractivity contribution in [1.29, 1.82) is 0 Å². The van der Waals surface area contributed by atoms with Gasteiger partial charge in [-0.3, -0.25) is 19.9 Å². The third-order valence-corrected chi connectivity index (χ3v) is 2.36. The average Bonchev–Trinajstić information content (AvgIpc) is 2.17. The molecule has 86 valence electrons. The molecule has 0 aliphatic rings. The Morgan fingerprint density at radius 1 is 1.69 bits per heavy atom. The minimum atomic E-state index is -0.969. The Bertz CT molecular complexity index is 431. The molecule has 1 unspecified atom stereocenters. The van der Waals surface area contributed by atoms with Crippen molar-refractivity contribution in [3.8, 4) is 0 Å². The number of pyridine rings is 1. The normalized spacial score (nSPS) is 12.1. The van der Waals surface area contributed by atoms with Crippen LogP contribution in [0.4, 0.5) is 5.69 Å². The summed E-state index contributed by atoms with van der Waals surface area (Å²) in [6.45, 7) is 3.30. The molecular weight excluding hydrogens is 212 g/mol. The van der Waals surface area contributed by atoms with Gasteiger partial charge < -0.3 is 5.11 Å². The van der Waals surface area contributed by atoms with E-state index < -0.39 is 16.8 Å². The van der Waals surface area contributed by atoms with Crippen LogP contribution in [0.5, 0.6) is 0 Å². The summed E-state index contributed by atoms with van der Waals surface area (Å²) in [7, 11) is 0. The molecule has 0 spiro atoms. The van der Waals surface area contributed by atoms with Gasteiger partial charge in [0, 0.05) is 5.56 Å².